The van der Waals surface area contributed by atoms with Crippen molar-refractivity contribution in [3.63, 3.8) is 0 Å². The molecule has 0 aliphatic carbocycles. The van der Waals surface area contributed by atoms with Crippen LogP contribution in [0.2, 0.25) is 0 Å². The first kappa shape index (κ1) is 20.6. The minimum Gasteiger partial charge on any atom is -1.00 e. The Bertz CT molecular complexity index is 1060. The average Bonchev–Trinajstić information content (AvgIpc) is 2.99. The maximum Gasteiger partial charge on any atom is 0.231 e. The molecule has 0 bridgehead atoms. The SMILES string of the molecule is CCOc1ccc2c(c1)O/C(=C\c1cc[n+](Cc3cccc(C)c3)cc1)C2=O.[Cl-]. The number of nitrogens with zero attached hydrogens (tertiary/aromatic N) is 1. The molecule has 1 aliphatic heterocycles. The van der Waals surface area contributed by atoms with Gasteiger partial charge in [-0.2, -0.15) is 0 Å². The molecule has 2 heterocycles. The number of ether oxygens (including phenoxy) is 2. The molecule has 0 radical (unpaired) electrons. The predicted molar refractivity (Wildman–Crippen MR) is 107 cm³/mol. The molecule has 0 N–H and O–H groups in total. The van der Waals surface area contributed by atoms with Crippen LogP contribution in [0.25, 0.3) is 6.08 Å². The lowest BCUT2D eigenvalue weighted by atomic mass is 10.1. The minimum absolute atomic E-state index is 0. The number of fused-ring (bicyclic) bond motifs is 1. The fraction of sp³-hybridized carbons (Fsp3) is 0.167. The van der Waals surface area contributed by atoms with Crippen LogP contribution in [0.5, 0.6) is 11.5 Å². The van der Waals surface area contributed by atoms with Crippen molar-refractivity contribution >= 4 is 11.9 Å². The van der Waals surface area contributed by atoms with Crippen LogP contribution in [0.15, 0.2) is 72.8 Å². The average molecular weight is 408 g/mol. The highest BCUT2D eigenvalue weighted by molar-refractivity contribution is 6.14. The highest BCUT2D eigenvalue weighted by Gasteiger charge is 2.27. The van der Waals surface area contributed by atoms with E-state index >= 15 is 0 Å². The van der Waals surface area contributed by atoms with Crippen molar-refractivity contribution in [1.82, 2.24) is 0 Å². The second kappa shape index (κ2) is 8.93. The van der Waals surface area contributed by atoms with Crippen molar-refractivity contribution in [2.24, 2.45) is 0 Å². The molecule has 1 aliphatic rings. The van der Waals surface area contributed by atoms with Crippen LogP contribution in [0.1, 0.15) is 34.0 Å². The maximum absolute atomic E-state index is 12.6. The van der Waals surface area contributed by atoms with Crippen molar-refractivity contribution < 1.29 is 31.2 Å². The van der Waals surface area contributed by atoms with Crippen LogP contribution in [0.3, 0.4) is 0 Å². The predicted octanol–water partition coefficient (Wildman–Crippen LogP) is 1.35. The fourth-order valence-corrected chi connectivity index (χ4v) is 3.27. The van der Waals surface area contributed by atoms with Gasteiger partial charge in [0, 0.05) is 23.8 Å². The molecule has 2 aromatic carbocycles. The van der Waals surface area contributed by atoms with E-state index in [9.17, 15) is 4.79 Å². The van der Waals surface area contributed by atoms with Crippen LogP contribution < -0.4 is 26.4 Å². The molecule has 0 spiro atoms. The Hall–Kier alpha value is -3.11. The van der Waals surface area contributed by atoms with Gasteiger partial charge in [0.15, 0.2) is 24.7 Å². The van der Waals surface area contributed by atoms with E-state index in [0.717, 1.165) is 12.1 Å². The van der Waals surface area contributed by atoms with Gasteiger partial charge in [0.1, 0.15) is 11.5 Å². The number of hydrogen-bond donors (Lipinski definition) is 0. The summed E-state index contributed by atoms with van der Waals surface area (Å²) in [6, 6.07) is 17.7. The quantitative estimate of drug-likeness (QED) is 0.473. The number of pyridine rings is 1. The summed E-state index contributed by atoms with van der Waals surface area (Å²) >= 11 is 0. The third-order valence-corrected chi connectivity index (χ3v) is 4.61. The summed E-state index contributed by atoms with van der Waals surface area (Å²) < 4.78 is 13.4. The van der Waals surface area contributed by atoms with Crippen LogP contribution in [-0.2, 0) is 6.54 Å². The van der Waals surface area contributed by atoms with E-state index in [1.54, 1.807) is 24.3 Å². The molecule has 0 atom stereocenters. The molecule has 0 saturated heterocycles. The van der Waals surface area contributed by atoms with Crippen molar-refractivity contribution in [3.8, 4) is 11.5 Å². The first-order valence-corrected chi connectivity index (χ1v) is 9.38. The molecule has 3 aromatic rings. The maximum atomic E-state index is 12.6. The van der Waals surface area contributed by atoms with E-state index < -0.39 is 0 Å². The summed E-state index contributed by atoms with van der Waals surface area (Å²) in [6.07, 6.45) is 5.79. The zero-order chi connectivity index (χ0) is 19.5. The van der Waals surface area contributed by atoms with Gasteiger partial charge in [-0.15, -0.1) is 0 Å². The number of carbonyl (C=O) groups is 1. The highest BCUT2D eigenvalue weighted by Crippen LogP contribution is 2.34. The van der Waals surface area contributed by atoms with Crippen molar-refractivity contribution in [2.45, 2.75) is 20.4 Å². The number of halogens is 1. The van der Waals surface area contributed by atoms with Gasteiger partial charge in [-0.1, -0.05) is 23.8 Å². The third kappa shape index (κ3) is 4.66. The smallest absolute Gasteiger partial charge is 0.231 e. The molecular weight excluding hydrogens is 386 g/mol. The molecule has 1 aromatic heterocycles. The number of hydrogen-bond acceptors (Lipinski definition) is 3. The summed E-state index contributed by atoms with van der Waals surface area (Å²) in [6.45, 7) is 5.39. The molecule has 29 heavy (non-hydrogen) atoms. The van der Waals surface area contributed by atoms with E-state index in [0.29, 0.717) is 29.4 Å². The van der Waals surface area contributed by atoms with Gasteiger partial charge < -0.3 is 21.9 Å². The standard InChI is InChI=1S/C24H22NO3.ClH/c1-3-27-20-7-8-21-22(15-20)28-23(24(21)26)14-18-9-11-25(12-10-18)16-19-6-4-5-17(2)13-19;/h4-15H,3,16H2,1-2H3;1H/q+1;/p-1/b23-14-;. The van der Waals surface area contributed by atoms with Gasteiger partial charge in [0.2, 0.25) is 5.78 Å². The van der Waals surface area contributed by atoms with E-state index in [-0.39, 0.29) is 18.2 Å². The number of aryl methyl sites for hydroxylation is 1. The van der Waals surface area contributed by atoms with Gasteiger partial charge in [-0.25, -0.2) is 4.57 Å². The Morgan fingerprint density at radius 3 is 2.59 bits per heavy atom. The second-order valence-electron chi connectivity index (χ2n) is 6.82. The Labute approximate surface area is 176 Å². The van der Waals surface area contributed by atoms with Crippen LogP contribution in [-0.4, -0.2) is 12.4 Å². The molecular formula is C24H22ClNO3. The summed E-state index contributed by atoms with van der Waals surface area (Å²) in [7, 11) is 0. The molecule has 5 heteroatoms. The second-order valence-corrected chi connectivity index (χ2v) is 6.82. The van der Waals surface area contributed by atoms with Crippen molar-refractivity contribution in [1.29, 1.82) is 0 Å². The number of allylic oxidation sites excluding steroid dienone is 1. The third-order valence-electron chi connectivity index (χ3n) is 4.61. The summed E-state index contributed by atoms with van der Waals surface area (Å²) in [5, 5.41) is 0. The van der Waals surface area contributed by atoms with Crippen LogP contribution in [0.4, 0.5) is 0 Å². The van der Waals surface area contributed by atoms with Crippen LogP contribution in [0, 0.1) is 6.92 Å². The largest absolute Gasteiger partial charge is 1.00 e. The van der Waals surface area contributed by atoms with Gasteiger partial charge in [-0.3, -0.25) is 4.79 Å². The lowest BCUT2D eigenvalue weighted by Crippen LogP contribution is -3.00. The summed E-state index contributed by atoms with van der Waals surface area (Å²) in [5.41, 5.74) is 4.00. The Morgan fingerprint density at radius 1 is 1.07 bits per heavy atom. The Kier molecular flexibility index (Phi) is 6.35. The van der Waals surface area contributed by atoms with Gasteiger partial charge in [0.05, 0.1) is 12.2 Å². The first-order chi connectivity index (χ1) is 13.6. The zero-order valence-electron chi connectivity index (χ0n) is 16.4. The van der Waals surface area contributed by atoms with Crippen LogP contribution >= 0.6 is 0 Å². The van der Waals surface area contributed by atoms with Gasteiger partial charge in [0.25, 0.3) is 0 Å². The lowest BCUT2D eigenvalue weighted by Gasteiger charge is -2.03. The topological polar surface area (TPSA) is 39.4 Å². The number of carbonyl (C=O) groups excluding carboxylic acids is 1. The van der Waals surface area contributed by atoms with E-state index in [4.69, 9.17) is 9.47 Å². The number of aromatic nitrogens is 1. The number of Topliss-reactive ketones (excluding diaryl/α,β-unsaturated/α-hetero) is 1. The molecule has 0 amide bonds. The number of rotatable bonds is 5. The molecule has 148 valence electrons. The first-order valence-electron chi connectivity index (χ1n) is 9.38. The highest BCUT2D eigenvalue weighted by atomic mass is 35.5. The van der Waals surface area contributed by atoms with E-state index in [1.807, 2.05) is 31.5 Å². The molecule has 0 unspecified atom stereocenters. The molecule has 4 rings (SSSR count). The van der Waals surface area contributed by atoms with Crippen molar-refractivity contribution in [3.05, 3.63) is 95.0 Å². The van der Waals surface area contributed by atoms with Crippen molar-refractivity contribution in [2.75, 3.05) is 6.61 Å². The Morgan fingerprint density at radius 2 is 1.86 bits per heavy atom. The summed E-state index contributed by atoms with van der Waals surface area (Å²) in [5.74, 6) is 1.48. The van der Waals surface area contributed by atoms with Gasteiger partial charge >= 0.3 is 0 Å². The normalized spacial score (nSPS) is 13.6. The zero-order valence-corrected chi connectivity index (χ0v) is 17.1. The number of ketones is 1. The Balaban J connectivity index is 0.00000240. The lowest BCUT2D eigenvalue weighted by molar-refractivity contribution is -0.688. The van der Waals surface area contributed by atoms with Gasteiger partial charge in [-0.05, 0) is 43.7 Å². The van der Waals surface area contributed by atoms with E-state index in [2.05, 4.69) is 35.8 Å². The summed E-state index contributed by atoms with van der Waals surface area (Å²) in [4.78, 5) is 12.6. The number of benzene rings is 2. The monoisotopic (exact) mass is 407 g/mol. The molecule has 0 fully saturated rings. The molecule has 4 nitrogen and oxygen atoms in total. The van der Waals surface area contributed by atoms with E-state index in [1.165, 1.54) is 11.1 Å². The molecule has 0 saturated carbocycles. The fourth-order valence-electron chi connectivity index (χ4n) is 3.27. The minimum atomic E-state index is -0.102.